The summed E-state index contributed by atoms with van der Waals surface area (Å²) in [6, 6.07) is 6.45. The summed E-state index contributed by atoms with van der Waals surface area (Å²) in [7, 11) is 0. The van der Waals surface area contributed by atoms with Crippen LogP contribution in [-0.2, 0) is 0 Å². The molecule has 0 saturated heterocycles. The van der Waals surface area contributed by atoms with Gasteiger partial charge in [-0.25, -0.2) is 0 Å². The topological polar surface area (TPSA) is 79.0 Å². The van der Waals surface area contributed by atoms with Crippen LogP contribution < -0.4 is 5.32 Å². The second kappa shape index (κ2) is 4.48. The third-order valence-electron chi connectivity index (χ3n) is 5.14. The Morgan fingerprint density at radius 2 is 1.95 bits per heavy atom. The molecule has 1 aromatic rings. The maximum atomic E-state index is 10.8. The number of hydrogen-bond acceptors (Lipinski definition) is 4. The molecule has 0 aromatic heterocycles. The van der Waals surface area contributed by atoms with Crippen LogP contribution in [0.25, 0.3) is 0 Å². The Labute approximate surface area is 118 Å². The highest BCUT2D eigenvalue weighted by atomic mass is 16.6. The summed E-state index contributed by atoms with van der Waals surface area (Å²) >= 11 is 0. The van der Waals surface area contributed by atoms with Crippen LogP contribution in [0, 0.1) is 38.2 Å². The lowest BCUT2D eigenvalue weighted by molar-refractivity contribution is -0.385. The maximum Gasteiger partial charge on any atom is 0.287 e. The molecule has 1 aliphatic carbocycles. The lowest BCUT2D eigenvalue weighted by Crippen LogP contribution is -2.08. The van der Waals surface area contributed by atoms with E-state index in [1.165, 1.54) is 6.07 Å². The Hall–Kier alpha value is -2.09. The van der Waals surface area contributed by atoms with Gasteiger partial charge < -0.3 is 5.32 Å². The average Bonchev–Trinajstić information content (AvgIpc) is 2.76. The van der Waals surface area contributed by atoms with Crippen LogP contribution in [0.5, 0.6) is 0 Å². The van der Waals surface area contributed by atoms with Gasteiger partial charge in [-0.05, 0) is 28.9 Å². The zero-order chi connectivity index (χ0) is 15.1. The first-order chi connectivity index (χ1) is 9.21. The van der Waals surface area contributed by atoms with Gasteiger partial charge in [0.1, 0.15) is 11.6 Å². The molecule has 0 atom stereocenters. The second-order valence-electron chi connectivity index (χ2n) is 6.48. The number of nitrogens with zero attached hydrogens (tertiary/aromatic N) is 2. The first-order valence-corrected chi connectivity index (χ1v) is 6.64. The van der Waals surface area contributed by atoms with Crippen molar-refractivity contribution in [2.24, 2.45) is 16.7 Å². The number of nitriles is 1. The van der Waals surface area contributed by atoms with Crippen molar-refractivity contribution in [3.8, 4) is 6.07 Å². The quantitative estimate of drug-likeness (QED) is 0.672. The number of benzene rings is 1. The zero-order valence-electron chi connectivity index (χ0n) is 12.2. The first kappa shape index (κ1) is 14.3. The molecule has 1 aliphatic rings. The van der Waals surface area contributed by atoms with Crippen molar-refractivity contribution in [1.29, 1.82) is 5.26 Å². The summed E-state index contributed by atoms with van der Waals surface area (Å²) in [5.74, 6) is 0.552. The van der Waals surface area contributed by atoms with Crippen LogP contribution in [0.3, 0.4) is 0 Å². The Bertz CT molecular complexity index is 586. The molecule has 106 valence electrons. The molecule has 1 saturated carbocycles. The predicted molar refractivity (Wildman–Crippen MR) is 77.4 cm³/mol. The number of nitrogens with one attached hydrogen (secondary N) is 1. The summed E-state index contributed by atoms with van der Waals surface area (Å²) in [6.45, 7) is 9.79. The third kappa shape index (κ3) is 2.11. The molecular formula is C15H19N3O2. The zero-order valence-corrected chi connectivity index (χ0v) is 12.2. The normalized spacial score (nSPS) is 19.1. The van der Waals surface area contributed by atoms with E-state index in [-0.39, 0.29) is 11.3 Å². The summed E-state index contributed by atoms with van der Waals surface area (Å²) in [5.41, 5.74) is 1.28. The molecule has 0 unspecified atom stereocenters. The molecule has 0 radical (unpaired) electrons. The van der Waals surface area contributed by atoms with Crippen molar-refractivity contribution < 1.29 is 4.92 Å². The van der Waals surface area contributed by atoms with E-state index in [4.69, 9.17) is 5.26 Å². The van der Waals surface area contributed by atoms with Gasteiger partial charge in [-0.2, -0.15) is 5.26 Å². The maximum absolute atomic E-state index is 10.8. The predicted octanol–water partition coefficient (Wildman–Crippen LogP) is 3.56. The number of nitro groups is 1. The highest BCUT2D eigenvalue weighted by molar-refractivity contribution is 5.58. The van der Waals surface area contributed by atoms with Crippen molar-refractivity contribution in [3.63, 3.8) is 0 Å². The van der Waals surface area contributed by atoms with Crippen LogP contribution in [0.2, 0.25) is 0 Å². The van der Waals surface area contributed by atoms with E-state index in [0.717, 1.165) is 12.2 Å². The monoisotopic (exact) mass is 273 g/mol. The molecule has 0 amide bonds. The lowest BCUT2D eigenvalue weighted by atomic mass is 10.0. The van der Waals surface area contributed by atoms with Crippen molar-refractivity contribution >= 4 is 11.4 Å². The van der Waals surface area contributed by atoms with E-state index in [2.05, 4.69) is 33.0 Å². The van der Waals surface area contributed by atoms with Gasteiger partial charge in [0.2, 0.25) is 0 Å². The van der Waals surface area contributed by atoms with E-state index in [1.807, 2.05) is 6.07 Å². The summed E-state index contributed by atoms with van der Waals surface area (Å²) in [5, 5.41) is 23.0. The highest BCUT2D eigenvalue weighted by Gasteiger charge is 2.63. The van der Waals surface area contributed by atoms with Crippen molar-refractivity contribution in [2.45, 2.75) is 27.7 Å². The van der Waals surface area contributed by atoms with Crippen LogP contribution in [-0.4, -0.2) is 11.5 Å². The molecule has 0 aliphatic heterocycles. The number of anilines is 1. The molecule has 5 nitrogen and oxygen atoms in total. The SMILES string of the molecule is CC1(C)C(CNc2ccc([N+](=O)[O-])c(C#N)c2)C1(C)C. The largest absolute Gasteiger partial charge is 0.385 e. The molecule has 0 bridgehead atoms. The molecular weight excluding hydrogens is 254 g/mol. The summed E-state index contributed by atoms with van der Waals surface area (Å²) < 4.78 is 0. The van der Waals surface area contributed by atoms with Gasteiger partial charge in [0.15, 0.2) is 0 Å². The van der Waals surface area contributed by atoms with Gasteiger partial charge in [0.25, 0.3) is 5.69 Å². The summed E-state index contributed by atoms with van der Waals surface area (Å²) in [4.78, 5) is 10.2. The van der Waals surface area contributed by atoms with Gasteiger partial charge >= 0.3 is 0 Å². The van der Waals surface area contributed by atoms with E-state index in [9.17, 15) is 10.1 Å². The molecule has 1 fully saturated rings. The Morgan fingerprint density at radius 3 is 2.40 bits per heavy atom. The van der Waals surface area contributed by atoms with Crippen LogP contribution in [0.15, 0.2) is 18.2 Å². The minimum absolute atomic E-state index is 0.0920. The van der Waals surface area contributed by atoms with Crippen LogP contribution >= 0.6 is 0 Å². The first-order valence-electron chi connectivity index (χ1n) is 6.64. The Balaban J connectivity index is 2.09. The standard InChI is InChI=1S/C15H19N3O2/c1-14(2)13(15(14,3)4)9-17-11-5-6-12(18(19)20)10(7-11)8-16/h5-7,13,17H,9H2,1-4H3. The fourth-order valence-electron chi connectivity index (χ4n) is 2.96. The number of rotatable bonds is 4. The van der Waals surface area contributed by atoms with E-state index in [1.54, 1.807) is 12.1 Å². The molecule has 1 N–H and O–H groups in total. The molecule has 1 aromatic carbocycles. The van der Waals surface area contributed by atoms with Gasteiger partial charge in [0.05, 0.1) is 4.92 Å². The molecule has 2 rings (SSSR count). The fourth-order valence-corrected chi connectivity index (χ4v) is 2.96. The minimum atomic E-state index is -0.532. The smallest absolute Gasteiger partial charge is 0.287 e. The van der Waals surface area contributed by atoms with Crippen molar-refractivity contribution in [2.75, 3.05) is 11.9 Å². The number of hydrogen-bond donors (Lipinski definition) is 1. The van der Waals surface area contributed by atoms with Crippen molar-refractivity contribution in [1.82, 2.24) is 0 Å². The second-order valence-corrected chi connectivity index (χ2v) is 6.48. The van der Waals surface area contributed by atoms with Crippen LogP contribution in [0.4, 0.5) is 11.4 Å². The molecule has 0 spiro atoms. The van der Waals surface area contributed by atoms with E-state index < -0.39 is 4.92 Å². The highest BCUT2D eigenvalue weighted by Crippen LogP contribution is 2.68. The number of nitro benzene ring substituents is 1. The van der Waals surface area contributed by atoms with Gasteiger partial charge in [-0.1, -0.05) is 27.7 Å². The van der Waals surface area contributed by atoms with Crippen molar-refractivity contribution in [3.05, 3.63) is 33.9 Å². The van der Waals surface area contributed by atoms with Crippen LogP contribution in [0.1, 0.15) is 33.3 Å². The molecule has 5 heteroatoms. The Morgan fingerprint density at radius 1 is 1.35 bits per heavy atom. The third-order valence-corrected chi connectivity index (χ3v) is 5.14. The molecule has 0 heterocycles. The van der Waals surface area contributed by atoms with E-state index in [0.29, 0.717) is 16.7 Å². The Kier molecular flexibility index (Phi) is 3.21. The summed E-state index contributed by atoms with van der Waals surface area (Å²) in [6.07, 6.45) is 0. The van der Waals surface area contributed by atoms with Gasteiger partial charge in [0, 0.05) is 18.3 Å². The average molecular weight is 273 g/mol. The molecule has 20 heavy (non-hydrogen) atoms. The van der Waals surface area contributed by atoms with E-state index >= 15 is 0 Å². The fraction of sp³-hybridized carbons (Fsp3) is 0.533. The minimum Gasteiger partial charge on any atom is -0.385 e. The lowest BCUT2D eigenvalue weighted by Gasteiger charge is -2.08. The van der Waals surface area contributed by atoms with Gasteiger partial charge in [-0.15, -0.1) is 0 Å². The van der Waals surface area contributed by atoms with Gasteiger partial charge in [-0.3, -0.25) is 10.1 Å².